The lowest BCUT2D eigenvalue weighted by atomic mass is 10.0. The van der Waals surface area contributed by atoms with Gasteiger partial charge in [-0.3, -0.25) is 9.69 Å². The van der Waals surface area contributed by atoms with E-state index in [1.165, 1.54) is 5.56 Å². The Labute approximate surface area is 182 Å². The van der Waals surface area contributed by atoms with Gasteiger partial charge >= 0.3 is 0 Å². The van der Waals surface area contributed by atoms with Crippen LogP contribution in [0.15, 0.2) is 76.4 Å². The van der Waals surface area contributed by atoms with Gasteiger partial charge in [-0.1, -0.05) is 42.0 Å². The lowest BCUT2D eigenvalue weighted by Gasteiger charge is -2.23. The average Bonchev–Trinajstić information content (AvgIpc) is 3.45. The van der Waals surface area contributed by atoms with Gasteiger partial charge in [0.05, 0.1) is 25.6 Å². The molecule has 0 saturated carbocycles. The highest BCUT2D eigenvalue weighted by Crippen LogP contribution is 2.33. The summed E-state index contributed by atoms with van der Waals surface area (Å²) in [5.74, 6) is 1.51. The van der Waals surface area contributed by atoms with Crippen LogP contribution in [0.5, 0.6) is 5.75 Å². The second-order valence-electron chi connectivity index (χ2n) is 7.91. The van der Waals surface area contributed by atoms with E-state index in [1.807, 2.05) is 48.3 Å². The van der Waals surface area contributed by atoms with Crippen molar-refractivity contribution in [1.82, 2.24) is 9.91 Å². The number of methoxy groups -OCH3 is 1. The van der Waals surface area contributed by atoms with Crippen LogP contribution in [0, 0.1) is 6.92 Å². The molecule has 0 radical (unpaired) electrons. The van der Waals surface area contributed by atoms with Crippen molar-refractivity contribution in [1.29, 1.82) is 0 Å². The maximum Gasteiger partial charge on any atom is 0.257 e. The van der Waals surface area contributed by atoms with Crippen molar-refractivity contribution in [2.45, 2.75) is 25.9 Å². The number of hydrazone groups is 1. The van der Waals surface area contributed by atoms with E-state index in [2.05, 4.69) is 31.2 Å². The van der Waals surface area contributed by atoms with Crippen LogP contribution in [0.25, 0.3) is 0 Å². The summed E-state index contributed by atoms with van der Waals surface area (Å²) in [5.41, 5.74) is 4.23. The number of aryl methyl sites for hydroxylation is 1. The van der Waals surface area contributed by atoms with Crippen LogP contribution in [-0.2, 0) is 11.3 Å². The van der Waals surface area contributed by atoms with Crippen molar-refractivity contribution in [2.75, 3.05) is 20.7 Å². The number of amides is 1. The zero-order valence-electron chi connectivity index (χ0n) is 18.1. The van der Waals surface area contributed by atoms with E-state index in [4.69, 9.17) is 14.3 Å². The Bertz CT molecular complexity index is 1040. The highest BCUT2D eigenvalue weighted by molar-refractivity contribution is 6.03. The number of furan rings is 1. The minimum atomic E-state index is -0.229. The Morgan fingerprint density at radius 2 is 1.90 bits per heavy atom. The van der Waals surface area contributed by atoms with Gasteiger partial charge in [0.25, 0.3) is 5.91 Å². The van der Waals surface area contributed by atoms with E-state index in [1.54, 1.807) is 18.4 Å². The molecule has 0 spiro atoms. The molecule has 1 amide bonds. The first kappa shape index (κ1) is 20.9. The van der Waals surface area contributed by atoms with Gasteiger partial charge in [0.1, 0.15) is 17.6 Å². The van der Waals surface area contributed by atoms with Crippen molar-refractivity contribution in [2.24, 2.45) is 5.10 Å². The monoisotopic (exact) mass is 417 g/mol. The molecule has 2 heterocycles. The maximum atomic E-state index is 13.2. The highest BCUT2D eigenvalue weighted by Gasteiger charge is 2.35. The molecule has 6 nitrogen and oxygen atoms in total. The average molecular weight is 418 g/mol. The number of hydrogen-bond acceptors (Lipinski definition) is 5. The molecule has 0 N–H and O–H groups in total. The van der Waals surface area contributed by atoms with Crippen molar-refractivity contribution >= 4 is 11.6 Å². The molecule has 6 heteroatoms. The van der Waals surface area contributed by atoms with Crippen molar-refractivity contribution in [3.63, 3.8) is 0 Å². The summed E-state index contributed by atoms with van der Waals surface area (Å²) in [7, 11) is 3.58. The summed E-state index contributed by atoms with van der Waals surface area (Å²) >= 11 is 0. The van der Waals surface area contributed by atoms with Crippen molar-refractivity contribution in [3.05, 3.63) is 89.4 Å². The molecular formula is C25H27N3O3. The van der Waals surface area contributed by atoms with Crippen LogP contribution in [0.3, 0.4) is 0 Å². The molecule has 1 aliphatic heterocycles. The number of rotatable bonds is 7. The smallest absolute Gasteiger partial charge is 0.257 e. The fourth-order valence-electron chi connectivity index (χ4n) is 3.77. The Morgan fingerprint density at radius 3 is 2.55 bits per heavy atom. The van der Waals surface area contributed by atoms with Gasteiger partial charge in [-0.15, -0.1) is 0 Å². The van der Waals surface area contributed by atoms with Gasteiger partial charge in [0.15, 0.2) is 0 Å². The minimum Gasteiger partial charge on any atom is -0.497 e. The highest BCUT2D eigenvalue weighted by atomic mass is 16.5. The van der Waals surface area contributed by atoms with Crippen molar-refractivity contribution < 1.29 is 13.9 Å². The van der Waals surface area contributed by atoms with Gasteiger partial charge in [-0.25, -0.2) is 5.01 Å². The summed E-state index contributed by atoms with van der Waals surface area (Å²) in [5, 5.41) is 6.29. The third kappa shape index (κ3) is 4.86. The Kier molecular flexibility index (Phi) is 6.18. The molecule has 160 valence electrons. The van der Waals surface area contributed by atoms with Crippen LogP contribution in [-0.4, -0.2) is 42.2 Å². The third-order valence-electron chi connectivity index (χ3n) is 5.44. The fraction of sp³-hybridized carbons (Fsp3) is 0.280. The molecule has 3 aromatic rings. The van der Waals surface area contributed by atoms with Gasteiger partial charge in [0.2, 0.25) is 0 Å². The van der Waals surface area contributed by atoms with Gasteiger partial charge in [-0.05, 0) is 49.4 Å². The summed E-state index contributed by atoms with van der Waals surface area (Å²) < 4.78 is 10.8. The van der Waals surface area contributed by atoms with Gasteiger partial charge in [0, 0.05) is 13.0 Å². The second-order valence-corrected chi connectivity index (χ2v) is 7.91. The number of ether oxygens (including phenoxy) is 1. The zero-order chi connectivity index (χ0) is 21.8. The zero-order valence-corrected chi connectivity index (χ0v) is 18.1. The predicted octanol–water partition coefficient (Wildman–Crippen LogP) is 4.41. The molecule has 4 rings (SSSR count). The fourth-order valence-corrected chi connectivity index (χ4v) is 3.77. The summed E-state index contributed by atoms with van der Waals surface area (Å²) in [6.45, 7) is 2.97. The maximum absolute atomic E-state index is 13.2. The van der Waals surface area contributed by atoms with E-state index in [-0.39, 0.29) is 18.5 Å². The van der Waals surface area contributed by atoms with E-state index < -0.39 is 0 Å². The van der Waals surface area contributed by atoms with E-state index in [9.17, 15) is 4.79 Å². The molecule has 0 saturated heterocycles. The molecule has 2 aromatic carbocycles. The third-order valence-corrected chi connectivity index (χ3v) is 5.44. The number of benzene rings is 2. The van der Waals surface area contributed by atoms with E-state index >= 15 is 0 Å². The molecular weight excluding hydrogens is 390 g/mol. The predicted molar refractivity (Wildman–Crippen MR) is 120 cm³/mol. The molecule has 0 bridgehead atoms. The lowest BCUT2D eigenvalue weighted by Crippen LogP contribution is -2.36. The first-order valence-corrected chi connectivity index (χ1v) is 10.3. The normalized spacial score (nSPS) is 15.9. The Balaban J connectivity index is 1.49. The van der Waals surface area contributed by atoms with Crippen LogP contribution in [0.2, 0.25) is 0 Å². The minimum absolute atomic E-state index is 0.0560. The molecule has 0 aliphatic carbocycles. The first-order chi connectivity index (χ1) is 15.0. The number of nitrogens with zero attached hydrogens (tertiary/aromatic N) is 3. The summed E-state index contributed by atoms with van der Waals surface area (Å²) in [6, 6.07) is 19.6. The topological polar surface area (TPSA) is 58.3 Å². The molecule has 0 unspecified atom stereocenters. The van der Waals surface area contributed by atoms with Gasteiger partial charge < -0.3 is 9.15 Å². The standard InChI is InChI=1S/C25H27N3O3/c1-18-6-10-20(11-7-18)22-15-23(24-5-4-14-31-24)28(26-22)25(29)17-27(2)16-19-8-12-21(30-3)13-9-19/h4-14,23H,15-17H2,1-3H3/t23-/m0/s1. The number of hydrogen-bond donors (Lipinski definition) is 0. The van der Waals surface area contributed by atoms with E-state index in [0.717, 1.165) is 28.3 Å². The number of carbonyl (C=O) groups is 1. The SMILES string of the molecule is COc1ccc(CN(C)CC(=O)N2N=C(c3ccc(C)cc3)C[C@H]2c2ccco2)cc1. The molecule has 31 heavy (non-hydrogen) atoms. The van der Waals surface area contributed by atoms with Gasteiger partial charge in [-0.2, -0.15) is 5.10 Å². The number of carbonyl (C=O) groups excluding carboxylic acids is 1. The van der Waals surface area contributed by atoms with E-state index in [0.29, 0.717) is 13.0 Å². The second kappa shape index (κ2) is 9.18. The van der Waals surface area contributed by atoms with Crippen molar-refractivity contribution in [3.8, 4) is 5.75 Å². The lowest BCUT2D eigenvalue weighted by molar-refractivity contribution is -0.134. The quantitative estimate of drug-likeness (QED) is 0.572. The van der Waals surface area contributed by atoms with Crippen LogP contribution in [0.1, 0.15) is 34.9 Å². The molecule has 1 atom stereocenters. The van der Waals surface area contributed by atoms with Crippen LogP contribution < -0.4 is 4.74 Å². The molecule has 1 aromatic heterocycles. The molecule has 1 aliphatic rings. The largest absolute Gasteiger partial charge is 0.497 e. The molecule has 0 fully saturated rings. The Hall–Kier alpha value is -3.38. The Morgan fingerprint density at radius 1 is 1.16 bits per heavy atom. The number of likely N-dealkylation sites (N-methyl/N-ethyl adjacent to an activating group) is 1. The van der Waals surface area contributed by atoms with Crippen LogP contribution >= 0.6 is 0 Å². The first-order valence-electron chi connectivity index (χ1n) is 10.3. The summed E-state index contributed by atoms with van der Waals surface area (Å²) in [6.07, 6.45) is 2.27. The summed E-state index contributed by atoms with van der Waals surface area (Å²) in [4.78, 5) is 15.2. The van der Waals surface area contributed by atoms with Crippen LogP contribution in [0.4, 0.5) is 0 Å².